The lowest BCUT2D eigenvalue weighted by Gasteiger charge is -2.34. The Balaban J connectivity index is 1.19. The molecule has 0 radical (unpaired) electrons. The number of piperazine rings is 1. The Labute approximate surface area is 233 Å². The van der Waals surface area contributed by atoms with Gasteiger partial charge in [-0.2, -0.15) is 0 Å². The molecule has 0 bridgehead atoms. The Bertz CT molecular complexity index is 1690. The van der Waals surface area contributed by atoms with E-state index >= 15 is 0 Å². The fourth-order valence-corrected chi connectivity index (χ4v) is 5.42. The molecule has 0 unspecified atom stereocenters. The zero-order valence-corrected chi connectivity index (χ0v) is 22.5. The predicted octanol–water partition coefficient (Wildman–Crippen LogP) is 5.21. The molecule has 7 rings (SSSR count). The van der Waals surface area contributed by atoms with Crippen LogP contribution in [0.25, 0.3) is 27.7 Å². The molecule has 6 heterocycles. The van der Waals surface area contributed by atoms with Crippen LogP contribution < -0.4 is 15.0 Å². The topological polar surface area (TPSA) is 82.2 Å². The number of pyridine rings is 3. The summed E-state index contributed by atoms with van der Waals surface area (Å²) in [6, 6.07) is 18.5. The molecule has 200 valence electrons. The molecule has 5 aromatic rings. The van der Waals surface area contributed by atoms with E-state index in [2.05, 4.69) is 67.5 Å². The van der Waals surface area contributed by atoms with Gasteiger partial charge in [-0.05, 0) is 36.9 Å². The highest BCUT2D eigenvalue weighted by Gasteiger charge is 2.22. The van der Waals surface area contributed by atoms with Crippen LogP contribution in [0.3, 0.4) is 0 Å². The molecule has 2 aliphatic rings. The molecule has 8 nitrogen and oxygen atoms in total. The lowest BCUT2D eigenvalue weighted by atomic mass is 10.0. The van der Waals surface area contributed by atoms with Crippen LogP contribution in [0.5, 0.6) is 5.75 Å². The van der Waals surface area contributed by atoms with Crippen molar-refractivity contribution < 1.29 is 4.74 Å². The van der Waals surface area contributed by atoms with Crippen molar-refractivity contribution in [3.05, 3.63) is 102 Å². The lowest BCUT2D eigenvalue weighted by molar-refractivity contribution is 0.305. The van der Waals surface area contributed by atoms with Crippen LogP contribution in [0.15, 0.2) is 85.5 Å². The number of fused-ring (bicyclic) bond motifs is 2. The van der Waals surface area contributed by atoms with Gasteiger partial charge in [0.1, 0.15) is 12.4 Å². The summed E-state index contributed by atoms with van der Waals surface area (Å²) in [6.07, 6.45) is 9.68. The Morgan fingerprint density at radius 2 is 1.75 bits per heavy atom. The second-order valence-electron chi connectivity index (χ2n) is 10.4. The molecule has 1 fully saturated rings. The van der Waals surface area contributed by atoms with Gasteiger partial charge in [0.05, 0.1) is 46.9 Å². The van der Waals surface area contributed by atoms with Crippen LogP contribution in [0, 0.1) is 0 Å². The summed E-state index contributed by atoms with van der Waals surface area (Å²) in [6.45, 7) is 5.34. The smallest absolute Gasteiger partial charge is 0.138 e. The Hall–Kier alpha value is -4.69. The van der Waals surface area contributed by atoms with Crippen LogP contribution in [-0.4, -0.2) is 64.6 Å². The molecule has 0 saturated carbocycles. The monoisotopic (exact) mass is 529 g/mol. The number of benzene rings is 1. The van der Waals surface area contributed by atoms with Gasteiger partial charge < -0.3 is 24.8 Å². The Morgan fingerprint density at radius 3 is 2.62 bits per heavy atom. The molecule has 0 atom stereocenters. The van der Waals surface area contributed by atoms with Gasteiger partial charge in [0.25, 0.3) is 0 Å². The molecule has 40 heavy (non-hydrogen) atoms. The van der Waals surface area contributed by atoms with Crippen molar-refractivity contribution >= 4 is 27.9 Å². The van der Waals surface area contributed by atoms with Crippen molar-refractivity contribution in [1.82, 2.24) is 24.8 Å². The summed E-state index contributed by atoms with van der Waals surface area (Å²) in [5.41, 5.74) is 9.16. The maximum atomic E-state index is 6.03. The van der Waals surface area contributed by atoms with E-state index < -0.39 is 0 Å². The summed E-state index contributed by atoms with van der Waals surface area (Å²) < 4.78 is 6.03. The SMILES string of the molecule is CN1CCN(c2cncc3[nH]c(C4=CCNc5ccc(-c6cncc(OCc7ccccc7)c6)nc54)cc23)CC1. The van der Waals surface area contributed by atoms with E-state index in [0.29, 0.717) is 12.4 Å². The molecule has 2 N–H and O–H groups in total. The van der Waals surface area contributed by atoms with E-state index in [1.54, 1.807) is 6.20 Å². The first-order valence-corrected chi connectivity index (χ1v) is 13.7. The molecule has 4 aromatic heterocycles. The number of nitrogens with one attached hydrogen (secondary N) is 2. The first-order valence-electron chi connectivity index (χ1n) is 13.7. The second kappa shape index (κ2) is 10.5. The molecular weight excluding hydrogens is 498 g/mol. The van der Waals surface area contributed by atoms with Gasteiger partial charge in [-0.1, -0.05) is 36.4 Å². The minimum atomic E-state index is 0.492. The first kappa shape index (κ1) is 24.4. The quantitative estimate of drug-likeness (QED) is 0.313. The summed E-state index contributed by atoms with van der Waals surface area (Å²) in [7, 11) is 2.18. The van der Waals surface area contributed by atoms with Crippen molar-refractivity contribution in [1.29, 1.82) is 0 Å². The van der Waals surface area contributed by atoms with Gasteiger partial charge in [0.2, 0.25) is 0 Å². The van der Waals surface area contributed by atoms with Crippen molar-refractivity contribution in [2.45, 2.75) is 6.61 Å². The molecule has 1 aromatic carbocycles. The average molecular weight is 530 g/mol. The molecule has 8 heteroatoms. The van der Waals surface area contributed by atoms with Crippen molar-refractivity contribution in [3.63, 3.8) is 0 Å². The maximum absolute atomic E-state index is 6.03. The number of aromatic nitrogens is 4. The summed E-state index contributed by atoms with van der Waals surface area (Å²) in [4.78, 5) is 22.5. The molecule has 1 saturated heterocycles. The molecule has 0 aliphatic carbocycles. The van der Waals surface area contributed by atoms with E-state index in [-0.39, 0.29) is 0 Å². The molecule has 2 aliphatic heterocycles. The number of ether oxygens (including phenoxy) is 1. The van der Waals surface area contributed by atoms with E-state index in [9.17, 15) is 0 Å². The van der Waals surface area contributed by atoms with Crippen molar-refractivity contribution in [2.24, 2.45) is 0 Å². The van der Waals surface area contributed by atoms with Crippen LogP contribution in [-0.2, 0) is 6.61 Å². The number of nitrogens with zero attached hydrogens (tertiary/aromatic N) is 5. The summed E-state index contributed by atoms with van der Waals surface area (Å²) >= 11 is 0. The van der Waals surface area contributed by atoms with Crippen molar-refractivity contribution in [2.75, 3.05) is 50.0 Å². The average Bonchev–Trinajstić information content (AvgIpc) is 3.45. The van der Waals surface area contributed by atoms with E-state index in [4.69, 9.17) is 9.72 Å². The lowest BCUT2D eigenvalue weighted by Crippen LogP contribution is -2.44. The summed E-state index contributed by atoms with van der Waals surface area (Å²) in [5, 5.41) is 4.67. The third kappa shape index (κ3) is 4.78. The summed E-state index contributed by atoms with van der Waals surface area (Å²) in [5.74, 6) is 0.717. The number of likely N-dealkylation sites (N-methyl/N-ethyl adjacent to an activating group) is 1. The highest BCUT2D eigenvalue weighted by atomic mass is 16.5. The highest BCUT2D eigenvalue weighted by molar-refractivity contribution is 5.97. The van der Waals surface area contributed by atoms with Gasteiger partial charge in [-0.3, -0.25) is 9.97 Å². The van der Waals surface area contributed by atoms with E-state index in [1.807, 2.05) is 48.9 Å². The predicted molar refractivity (Wildman–Crippen MR) is 160 cm³/mol. The maximum Gasteiger partial charge on any atom is 0.138 e. The van der Waals surface area contributed by atoms with Crippen LogP contribution in [0.1, 0.15) is 17.0 Å². The zero-order valence-electron chi connectivity index (χ0n) is 22.5. The third-order valence-corrected chi connectivity index (χ3v) is 7.67. The van der Waals surface area contributed by atoms with Gasteiger partial charge in [0, 0.05) is 61.1 Å². The standard InChI is InChI=1S/C32H31N7O/c1-38-11-13-39(14-12-38)31-20-34-19-30-26(31)16-29(36-30)25-9-10-35-28-8-7-27(37-32(25)28)23-15-24(18-33-17-23)40-21-22-5-3-2-4-6-22/h2-9,15-20,35-36H,10-14,21H2,1H3. The molecule has 0 spiro atoms. The van der Waals surface area contributed by atoms with Crippen LogP contribution >= 0.6 is 0 Å². The number of rotatable bonds is 6. The normalized spacial score (nSPS) is 15.4. The van der Waals surface area contributed by atoms with Gasteiger partial charge in [0.15, 0.2) is 0 Å². The zero-order chi connectivity index (χ0) is 26.9. The van der Waals surface area contributed by atoms with Gasteiger partial charge >= 0.3 is 0 Å². The van der Waals surface area contributed by atoms with Gasteiger partial charge in [-0.25, -0.2) is 4.98 Å². The molecule has 0 amide bonds. The van der Waals surface area contributed by atoms with E-state index in [0.717, 1.165) is 77.7 Å². The second-order valence-corrected chi connectivity index (χ2v) is 10.4. The number of hydrogen-bond acceptors (Lipinski definition) is 7. The Morgan fingerprint density at radius 1 is 0.900 bits per heavy atom. The number of anilines is 2. The highest BCUT2D eigenvalue weighted by Crippen LogP contribution is 2.36. The Kier molecular flexibility index (Phi) is 6.37. The number of aromatic amines is 1. The van der Waals surface area contributed by atoms with Crippen molar-refractivity contribution in [3.8, 4) is 17.0 Å². The minimum Gasteiger partial charge on any atom is -0.487 e. The number of H-pyrrole nitrogens is 1. The largest absolute Gasteiger partial charge is 0.487 e. The van der Waals surface area contributed by atoms with Crippen LogP contribution in [0.2, 0.25) is 0 Å². The fourth-order valence-electron chi connectivity index (χ4n) is 5.42. The van der Waals surface area contributed by atoms with Crippen LogP contribution in [0.4, 0.5) is 11.4 Å². The molecular formula is C32H31N7O. The van der Waals surface area contributed by atoms with E-state index in [1.165, 1.54) is 11.1 Å². The van der Waals surface area contributed by atoms with Gasteiger partial charge in [-0.15, -0.1) is 0 Å². The third-order valence-electron chi connectivity index (χ3n) is 7.67. The first-order chi connectivity index (χ1) is 19.7. The minimum absolute atomic E-state index is 0.492. The number of hydrogen-bond donors (Lipinski definition) is 2. The fraction of sp³-hybridized carbons (Fsp3) is 0.219.